The molecule has 3 heteroatoms. The molecule has 1 aromatic carbocycles. The largest absolute Gasteiger partial charge is 0.508 e. The lowest BCUT2D eigenvalue weighted by Crippen LogP contribution is -2.13. The van der Waals surface area contributed by atoms with E-state index in [1.807, 2.05) is 0 Å². The molecule has 0 aliphatic heterocycles. The third-order valence-electron chi connectivity index (χ3n) is 2.75. The Morgan fingerprint density at radius 3 is 2.31 bits per heavy atom. The number of hydrogen-bond donors (Lipinski definition) is 1. The third kappa shape index (κ3) is 2.75. The van der Waals surface area contributed by atoms with Crippen LogP contribution in [-0.2, 0) is 4.74 Å². The standard InChI is InChI=1S/C13H15O3/c14-11-8-6-10(7-9-11)13(15)16-12-4-2-1-3-5-12/h6-9,14H,1-5H2. The molecule has 0 unspecified atom stereocenters. The van der Waals surface area contributed by atoms with Crippen molar-refractivity contribution in [3.8, 4) is 5.75 Å². The fraction of sp³-hybridized carbons (Fsp3) is 0.385. The maximum absolute atomic E-state index is 11.7. The first-order chi connectivity index (χ1) is 7.75. The number of phenols is 1. The molecule has 1 aliphatic rings. The van der Waals surface area contributed by atoms with E-state index in [0.29, 0.717) is 5.56 Å². The van der Waals surface area contributed by atoms with Crippen LogP contribution in [0.5, 0.6) is 5.75 Å². The molecule has 0 atom stereocenters. The van der Waals surface area contributed by atoms with Crippen molar-refractivity contribution in [2.24, 2.45) is 0 Å². The van der Waals surface area contributed by atoms with Crippen LogP contribution < -0.4 is 0 Å². The van der Waals surface area contributed by atoms with E-state index in [9.17, 15) is 4.79 Å². The second kappa shape index (κ2) is 5.01. The summed E-state index contributed by atoms with van der Waals surface area (Å²) in [4.78, 5) is 11.7. The van der Waals surface area contributed by atoms with Crippen LogP contribution in [0.3, 0.4) is 0 Å². The van der Waals surface area contributed by atoms with Crippen LogP contribution in [0.25, 0.3) is 0 Å². The van der Waals surface area contributed by atoms with Gasteiger partial charge < -0.3 is 9.84 Å². The maximum Gasteiger partial charge on any atom is 0.338 e. The molecule has 1 aliphatic carbocycles. The second-order valence-corrected chi connectivity index (χ2v) is 4.04. The van der Waals surface area contributed by atoms with Crippen molar-refractivity contribution in [3.05, 3.63) is 35.9 Å². The number of phenolic OH excluding ortho intramolecular Hbond substituents is 1. The summed E-state index contributed by atoms with van der Waals surface area (Å²) in [5, 5.41) is 9.10. The van der Waals surface area contributed by atoms with Gasteiger partial charge in [-0.25, -0.2) is 4.79 Å². The van der Waals surface area contributed by atoms with E-state index in [2.05, 4.69) is 0 Å². The molecular weight excluding hydrogens is 204 g/mol. The van der Waals surface area contributed by atoms with E-state index in [4.69, 9.17) is 9.84 Å². The summed E-state index contributed by atoms with van der Waals surface area (Å²) < 4.78 is 5.31. The van der Waals surface area contributed by atoms with Crippen LogP contribution in [0.2, 0.25) is 0 Å². The summed E-state index contributed by atoms with van der Waals surface area (Å²) in [5.41, 5.74) is 0.482. The van der Waals surface area contributed by atoms with E-state index in [1.54, 1.807) is 12.1 Å². The lowest BCUT2D eigenvalue weighted by molar-refractivity contribution is 0.0475. The Hall–Kier alpha value is -1.51. The first-order valence-electron chi connectivity index (χ1n) is 5.61. The molecule has 1 N–H and O–H groups in total. The van der Waals surface area contributed by atoms with Crippen molar-refractivity contribution < 1.29 is 14.6 Å². The third-order valence-corrected chi connectivity index (χ3v) is 2.75. The molecule has 0 amide bonds. The Balaban J connectivity index is 1.94. The highest BCUT2D eigenvalue weighted by Crippen LogP contribution is 2.27. The molecule has 0 saturated heterocycles. The van der Waals surface area contributed by atoms with Crippen molar-refractivity contribution in [2.45, 2.75) is 32.1 Å². The summed E-state index contributed by atoms with van der Waals surface area (Å²) >= 11 is 0. The molecule has 1 aromatic rings. The zero-order valence-corrected chi connectivity index (χ0v) is 9.11. The van der Waals surface area contributed by atoms with E-state index < -0.39 is 0 Å². The molecule has 0 heterocycles. The van der Waals surface area contributed by atoms with Gasteiger partial charge in [0.2, 0.25) is 0 Å². The Morgan fingerprint density at radius 2 is 1.69 bits per heavy atom. The maximum atomic E-state index is 11.7. The van der Waals surface area contributed by atoms with Gasteiger partial charge in [-0.05, 0) is 49.9 Å². The highest BCUT2D eigenvalue weighted by Gasteiger charge is 2.19. The Morgan fingerprint density at radius 1 is 1.06 bits per heavy atom. The second-order valence-electron chi connectivity index (χ2n) is 4.04. The first-order valence-corrected chi connectivity index (χ1v) is 5.61. The normalized spacial score (nSPS) is 17.0. The van der Waals surface area contributed by atoms with Gasteiger partial charge >= 0.3 is 5.97 Å². The van der Waals surface area contributed by atoms with Gasteiger partial charge in [-0.3, -0.25) is 0 Å². The zero-order valence-electron chi connectivity index (χ0n) is 9.11. The lowest BCUT2D eigenvalue weighted by Gasteiger charge is -2.20. The molecule has 0 spiro atoms. The number of aromatic hydroxyl groups is 1. The van der Waals surface area contributed by atoms with Gasteiger partial charge in [0.05, 0.1) is 5.56 Å². The van der Waals surface area contributed by atoms with Crippen molar-refractivity contribution >= 4 is 5.97 Å². The SMILES string of the molecule is O=C(O[C]1CCCCC1)c1ccc(O)cc1. The number of esters is 1. The Labute approximate surface area is 95.0 Å². The van der Waals surface area contributed by atoms with Crippen LogP contribution in [-0.4, -0.2) is 11.1 Å². The van der Waals surface area contributed by atoms with Gasteiger partial charge in [-0.15, -0.1) is 0 Å². The fourth-order valence-electron chi connectivity index (χ4n) is 1.84. The van der Waals surface area contributed by atoms with Gasteiger partial charge in [0.25, 0.3) is 0 Å². The van der Waals surface area contributed by atoms with E-state index >= 15 is 0 Å². The van der Waals surface area contributed by atoms with Gasteiger partial charge in [0.15, 0.2) is 6.10 Å². The van der Waals surface area contributed by atoms with Gasteiger partial charge in [-0.1, -0.05) is 6.42 Å². The summed E-state index contributed by atoms with van der Waals surface area (Å²) in [6, 6.07) is 6.12. The Kier molecular flexibility index (Phi) is 3.44. The van der Waals surface area contributed by atoms with Crippen molar-refractivity contribution in [3.63, 3.8) is 0 Å². The van der Waals surface area contributed by atoms with Gasteiger partial charge in [0.1, 0.15) is 5.75 Å². The summed E-state index contributed by atoms with van der Waals surface area (Å²) in [5.74, 6) is -0.168. The Bertz CT molecular complexity index is 350. The average molecular weight is 219 g/mol. The lowest BCUT2D eigenvalue weighted by atomic mass is 9.98. The molecule has 1 fully saturated rings. The van der Waals surface area contributed by atoms with E-state index in [-0.39, 0.29) is 11.7 Å². The summed E-state index contributed by atoms with van der Waals surface area (Å²) in [7, 11) is 0. The monoisotopic (exact) mass is 219 g/mol. The number of benzene rings is 1. The molecule has 2 rings (SSSR count). The first kappa shape index (κ1) is 11.0. The molecular formula is C13H15O3. The minimum atomic E-state index is -0.322. The topological polar surface area (TPSA) is 46.5 Å². The number of rotatable bonds is 2. The van der Waals surface area contributed by atoms with Gasteiger partial charge in [0, 0.05) is 0 Å². The average Bonchev–Trinajstić information content (AvgIpc) is 2.31. The summed E-state index contributed by atoms with van der Waals surface area (Å²) in [6.07, 6.45) is 6.12. The molecule has 16 heavy (non-hydrogen) atoms. The van der Waals surface area contributed by atoms with Crippen LogP contribution in [0.4, 0.5) is 0 Å². The predicted molar refractivity (Wildman–Crippen MR) is 59.9 cm³/mol. The van der Waals surface area contributed by atoms with Crippen molar-refractivity contribution in [1.82, 2.24) is 0 Å². The molecule has 3 nitrogen and oxygen atoms in total. The number of hydrogen-bond acceptors (Lipinski definition) is 3. The minimum Gasteiger partial charge on any atom is -0.508 e. The number of ether oxygens (including phenoxy) is 1. The molecule has 0 bridgehead atoms. The molecule has 85 valence electrons. The number of carbonyl (C=O) groups excluding carboxylic acids is 1. The summed E-state index contributed by atoms with van der Waals surface area (Å²) in [6.45, 7) is 0. The zero-order chi connectivity index (χ0) is 11.4. The van der Waals surface area contributed by atoms with Crippen LogP contribution in [0, 0.1) is 6.10 Å². The molecule has 1 saturated carbocycles. The van der Waals surface area contributed by atoms with Crippen molar-refractivity contribution in [2.75, 3.05) is 0 Å². The quantitative estimate of drug-likeness (QED) is 0.777. The minimum absolute atomic E-state index is 0.155. The van der Waals surface area contributed by atoms with E-state index in [1.165, 1.54) is 18.6 Å². The smallest absolute Gasteiger partial charge is 0.338 e. The number of carbonyl (C=O) groups is 1. The predicted octanol–water partition coefficient (Wildman–Crippen LogP) is 3.05. The van der Waals surface area contributed by atoms with Crippen LogP contribution in [0.15, 0.2) is 24.3 Å². The van der Waals surface area contributed by atoms with E-state index in [0.717, 1.165) is 31.8 Å². The highest BCUT2D eigenvalue weighted by atomic mass is 16.5. The molecule has 0 aromatic heterocycles. The molecule has 1 radical (unpaired) electrons. The highest BCUT2D eigenvalue weighted by molar-refractivity contribution is 5.90. The van der Waals surface area contributed by atoms with Crippen LogP contribution in [0.1, 0.15) is 42.5 Å². The van der Waals surface area contributed by atoms with Gasteiger partial charge in [-0.2, -0.15) is 0 Å². The van der Waals surface area contributed by atoms with Crippen LogP contribution >= 0.6 is 0 Å². The van der Waals surface area contributed by atoms with Crippen molar-refractivity contribution in [1.29, 1.82) is 0 Å². The fourth-order valence-corrected chi connectivity index (χ4v) is 1.84.